The molecule has 120 valence electrons. The number of aliphatic hydroxyl groups excluding tert-OH is 1. The SMILES string of the molecule is C[C@@H]1[C@H](C(=O)O)CCCN1C(=O)CC(O)c1cccc(F)c1. The third kappa shape index (κ3) is 3.62. The van der Waals surface area contributed by atoms with Gasteiger partial charge < -0.3 is 15.1 Å². The van der Waals surface area contributed by atoms with E-state index in [0.717, 1.165) is 0 Å². The lowest BCUT2D eigenvalue weighted by Crippen LogP contribution is -2.49. The molecule has 2 rings (SSSR count). The van der Waals surface area contributed by atoms with E-state index >= 15 is 0 Å². The minimum atomic E-state index is -1.10. The van der Waals surface area contributed by atoms with Crippen molar-refractivity contribution in [3.8, 4) is 0 Å². The number of nitrogens with zero attached hydrogens (tertiary/aromatic N) is 1. The van der Waals surface area contributed by atoms with Gasteiger partial charge in [-0.1, -0.05) is 12.1 Å². The van der Waals surface area contributed by atoms with Crippen LogP contribution in [0, 0.1) is 11.7 Å². The van der Waals surface area contributed by atoms with Crippen molar-refractivity contribution in [2.45, 2.75) is 38.3 Å². The fourth-order valence-corrected chi connectivity index (χ4v) is 2.94. The predicted molar refractivity (Wildman–Crippen MR) is 77.5 cm³/mol. The summed E-state index contributed by atoms with van der Waals surface area (Å²) in [5.41, 5.74) is 0.341. The molecule has 5 nitrogen and oxygen atoms in total. The first-order valence-corrected chi connectivity index (χ1v) is 7.36. The van der Waals surface area contributed by atoms with Crippen LogP contribution < -0.4 is 0 Å². The Hall–Kier alpha value is -1.95. The van der Waals surface area contributed by atoms with Crippen molar-refractivity contribution in [2.75, 3.05) is 6.54 Å². The first-order valence-electron chi connectivity index (χ1n) is 7.36. The van der Waals surface area contributed by atoms with Gasteiger partial charge in [0.2, 0.25) is 5.91 Å². The molecule has 0 spiro atoms. The van der Waals surface area contributed by atoms with E-state index in [1.54, 1.807) is 13.0 Å². The highest BCUT2D eigenvalue weighted by atomic mass is 19.1. The Morgan fingerprint density at radius 1 is 1.45 bits per heavy atom. The summed E-state index contributed by atoms with van der Waals surface area (Å²) in [5.74, 6) is -2.27. The molecule has 1 amide bonds. The largest absolute Gasteiger partial charge is 0.481 e. The molecule has 1 aliphatic heterocycles. The summed E-state index contributed by atoms with van der Waals surface area (Å²) in [4.78, 5) is 25.0. The van der Waals surface area contributed by atoms with Crippen LogP contribution in [0.5, 0.6) is 0 Å². The third-order valence-corrected chi connectivity index (χ3v) is 4.23. The first-order chi connectivity index (χ1) is 10.4. The van der Waals surface area contributed by atoms with E-state index in [-0.39, 0.29) is 12.3 Å². The third-order valence-electron chi connectivity index (χ3n) is 4.23. The highest BCUT2D eigenvalue weighted by Crippen LogP contribution is 2.26. The summed E-state index contributed by atoms with van der Waals surface area (Å²) >= 11 is 0. The van der Waals surface area contributed by atoms with Crippen LogP contribution >= 0.6 is 0 Å². The number of aliphatic hydroxyl groups is 1. The van der Waals surface area contributed by atoms with E-state index in [1.165, 1.54) is 23.1 Å². The van der Waals surface area contributed by atoms with Crippen molar-refractivity contribution in [3.05, 3.63) is 35.6 Å². The predicted octanol–water partition coefficient (Wildman–Crippen LogP) is 1.96. The average molecular weight is 309 g/mol. The maximum atomic E-state index is 13.2. The summed E-state index contributed by atoms with van der Waals surface area (Å²) in [6.07, 6.45) is -0.101. The highest BCUT2D eigenvalue weighted by Gasteiger charge is 2.35. The van der Waals surface area contributed by atoms with E-state index in [2.05, 4.69) is 0 Å². The second-order valence-electron chi connectivity index (χ2n) is 5.69. The molecule has 2 N–H and O–H groups in total. The summed E-state index contributed by atoms with van der Waals surface area (Å²) in [6, 6.07) is 5.08. The van der Waals surface area contributed by atoms with Crippen LogP contribution in [-0.2, 0) is 9.59 Å². The van der Waals surface area contributed by atoms with Gasteiger partial charge in [0.05, 0.1) is 18.4 Å². The smallest absolute Gasteiger partial charge is 0.308 e. The molecular formula is C16H20FNO4. The topological polar surface area (TPSA) is 77.8 Å². The Bertz CT molecular complexity index is 563. The Morgan fingerprint density at radius 2 is 2.18 bits per heavy atom. The number of hydrogen-bond donors (Lipinski definition) is 2. The van der Waals surface area contributed by atoms with Gasteiger partial charge in [0.25, 0.3) is 0 Å². The Morgan fingerprint density at radius 3 is 2.82 bits per heavy atom. The van der Waals surface area contributed by atoms with Crippen LogP contribution in [0.1, 0.15) is 37.9 Å². The molecule has 1 aromatic carbocycles. The summed E-state index contributed by atoms with van der Waals surface area (Å²) in [6.45, 7) is 2.20. The van der Waals surface area contributed by atoms with Crippen molar-refractivity contribution < 1.29 is 24.2 Å². The van der Waals surface area contributed by atoms with E-state index in [0.29, 0.717) is 24.9 Å². The summed E-state index contributed by atoms with van der Waals surface area (Å²) < 4.78 is 13.2. The average Bonchev–Trinajstić information content (AvgIpc) is 2.46. The lowest BCUT2D eigenvalue weighted by atomic mass is 9.90. The number of halogens is 1. The van der Waals surface area contributed by atoms with Gasteiger partial charge in [-0.15, -0.1) is 0 Å². The van der Waals surface area contributed by atoms with E-state index in [4.69, 9.17) is 5.11 Å². The Kier molecular flexibility index (Phi) is 5.13. The van der Waals surface area contributed by atoms with Gasteiger partial charge in [-0.25, -0.2) is 4.39 Å². The van der Waals surface area contributed by atoms with Gasteiger partial charge in [0.1, 0.15) is 5.82 Å². The number of benzene rings is 1. The molecule has 0 saturated carbocycles. The second kappa shape index (κ2) is 6.87. The molecule has 6 heteroatoms. The number of piperidine rings is 1. The normalized spacial score (nSPS) is 23.1. The molecule has 1 unspecified atom stereocenters. The van der Waals surface area contributed by atoms with Gasteiger partial charge >= 0.3 is 5.97 Å². The van der Waals surface area contributed by atoms with Crippen molar-refractivity contribution in [2.24, 2.45) is 5.92 Å². The highest BCUT2D eigenvalue weighted by molar-refractivity contribution is 5.79. The quantitative estimate of drug-likeness (QED) is 0.891. The molecule has 0 radical (unpaired) electrons. The van der Waals surface area contributed by atoms with Crippen molar-refractivity contribution >= 4 is 11.9 Å². The lowest BCUT2D eigenvalue weighted by Gasteiger charge is -2.38. The van der Waals surface area contributed by atoms with Crippen LogP contribution in [0.25, 0.3) is 0 Å². The van der Waals surface area contributed by atoms with E-state index in [9.17, 15) is 19.1 Å². The molecule has 0 bridgehead atoms. The minimum absolute atomic E-state index is 0.180. The second-order valence-corrected chi connectivity index (χ2v) is 5.69. The number of rotatable bonds is 4. The number of carbonyl (C=O) groups excluding carboxylic acids is 1. The fraction of sp³-hybridized carbons (Fsp3) is 0.500. The molecule has 0 aromatic heterocycles. The van der Waals surface area contributed by atoms with Crippen LogP contribution in [0.3, 0.4) is 0 Å². The van der Waals surface area contributed by atoms with Crippen molar-refractivity contribution in [1.29, 1.82) is 0 Å². The van der Waals surface area contributed by atoms with Crippen LogP contribution in [0.4, 0.5) is 4.39 Å². The number of carboxylic acid groups (broad SMARTS) is 1. The van der Waals surface area contributed by atoms with Gasteiger partial charge in [-0.05, 0) is 37.5 Å². The van der Waals surface area contributed by atoms with Gasteiger partial charge in [-0.2, -0.15) is 0 Å². The molecule has 1 saturated heterocycles. The number of amides is 1. The van der Waals surface area contributed by atoms with Gasteiger partial charge in [-0.3, -0.25) is 9.59 Å². The molecule has 1 aliphatic rings. The molecule has 1 fully saturated rings. The molecule has 1 heterocycles. The van der Waals surface area contributed by atoms with Gasteiger partial charge in [0.15, 0.2) is 0 Å². The molecule has 3 atom stereocenters. The molecular weight excluding hydrogens is 289 g/mol. The van der Waals surface area contributed by atoms with Crippen molar-refractivity contribution in [3.63, 3.8) is 0 Å². The number of likely N-dealkylation sites (tertiary alicyclic amines) is 1. The maximum Gasteiger partial charge on any atom is 0.308 e. The number of aliphatic carboxylic acids is 1. The standard InChI is InChI=1S/C16H20FNO4/c1-10-13(16(21)22)6-3-7-18(10)15(20)9-14(19)11-4-2-5-12(17)8-11/h2,4-5,8,10,13-14,19H,3,6-7,9H2,1H3,(H,21,22)/t10-,13-,14?/m1/s1. The number of hydrogen-bond acceptors (Lipinski definition) is 3. The molecule has 22 heavy (non-hydrogen) atoms. The zero-order valence-corrected chi connectivity index (χ0v) is 12.4. The summed E-state index contributed by atoms with van der Waals surface area (Å²) in [7, 11) is 0. The van der Waals surface area contributed by atoms with Crippen LogP contribution in [0.2, 0.25) is 0 Å². The Balaban J connectivity index is 2.03. The van der Waals surface area contributed by atoms with Crippen LogP contribution in [0.15, 0.2) is 24.3 Å². The maximum absolute atomic E-state index is 13.2. The van der Waals surface area contributed by atoms with Crippen molar-refractivity contribution in [1.82, 2.24) is 4.90 Å². The monoisotopic (exact) mass is 309 g/mol. The molecule has 1 aromatic rings. The van der Waals surface area contributed by atoms with E-state index < -0.39 is 29.9 Å². The molecule has 0 aliphatic carbocycles. The zero-order valence-electron chi connectivity index (χ0n) is 12.4. The van der Waals surface area contributed by atoms with Gasteiger partial charge in [0, 0.05) is 12.6 Å². The van der Waals surface area contributed by atoms with Crippen LogP contribution in [-0.4, -0.2) is 39.6 Å². The summed E-state index contributed by atoms with van der Waals surface area (Å²) in [5, 5.41) is 19.2. The fourth-order valence-electron chi connectivity index (χ4n) is 2.94. The lowest BCUT2D eigenvalue weighted by molar-refractivity contribution is -0.149. The number of carboxylic acids is 1. The minimum Gasteiger partial charge on any atom is -0.481 e. The first kappa shape index (κ1) is 16.4. The zero-order chi connectivity index (χ0) is 16.3. The Labute approximate surface area is 128 Å². The van der Waals surface area contributed by atoms with E-state index in [1.807, 2.05) is 0 Å². The number of carbonyl (C=O) groups is 2.